The fourth-order valence-electron chi connectivity index (χ4n) is 3.23. The molecule has 0 bridgehead atoms. The molecule has 0 amide bonds. The first-order chi connectivity index (χ1) is 15.5. The highest BCUT2D eigenvalue weighted by Crippen LogP contribution is 2.34. The summed E-state index contributed by atoms with van der Waals surface area (Å²) >= 11 is 0. The number of hydrogen-bond donors (Lipinski definition) is 2. The third-order valence-electron chi connectivity index (χ3n) is 4.73. The Labute approximate surface area is 186 Å². The summed E-state index contributed by atoms with van der Waals surface area (Å²) in [6, 6.07) is 19.0. The summed E-state index contributed by atoms with van der Waals surface area (Å²) in [7, 11) is -3.99. The first kappa shape index (κ1) is 22.5. The predicted molar refractivity (Wildman–Crippen MR) is 116 cm³/mol. The molecule has 0 unspecified atom stereocenters. The molecule has 4 rings (SSSR count). The van der Waals surface area contributed by atoms with Crippen LogP contribution in [-0.2, 0) is 16.4 Å². The number of benzene rings is 3. The van der Waals surface area contributed by atoms with E-state index in [9.17, 15) is 26.0 Å². The van der Waals surface area contributed by atoms with Gasteiger partial charge in [0.25, 0.3) is 10.2 Å². The maximum absolute atomic E-state index is 13.4. The number of rotatable bonds is 5. The second-order valence-corrected chi connectivity index (χ2v) is 8.40. The van der Waals surface area contributed by atoms with Gasteiger partial charge in [-0.15, -0.1) is 0 Å². The number of hydrogen-bond acceptors (Lipinski definition) is 3. The van der Waals surface area contributed by atoms with Crippen molar-refractivity contribution < 1.29 is 26.0 Å². The third kappa shape index (κ3) is 5.21. The standard InChI is InChI=1S/C22H16F4N4O2S/c23-17-7-5-15(6-8-17)14-1-3-16(4-2-14)20-13-21(22(24,25)26)28-30(20)19-11-9-18(10-12-19)29-33(27,31)32/h1-13,29H,(H2,27,31,32). The third-order valence-corrected chi connectivity index (χ3v) is 5.25. The average Bonchev–Trinajstić information content (AvgIpc) is 3.20. The van der Waals surface area contributed by atoms with E-state index in [1.807, 2.05) is 0 Å². The van der Waals surface area contributed by atoms with Gasteiger partial charge in [0, 0.05) is 11.3 Å². The highest BCUT2D eigenvalue weighted by atomic mass is 32.2. The molecule has 4 aromatic rings. The number of halogens is 4. The van der Waals surface area contributed by atoms with Gasteiger partial charge in [-0.3, -0.25) is 4.72 Å². The van der Waals surface area contributed by atoms with Gasteiger partial charge in [-0.05, 0) is 53.6 Å². The number of aromatic nitrogens is 2. The maximum atomic E-state index is 13.4. The van der Waals surface area contributed by atoms with Gasteiger partial charge in [0.1, 0.15) is 5.82 Å². The second-order valence-electron chi connectivity index (χ2n) is 7.10. The molecule has 3 N–H and O–H groups in total. The number of anilines is 1. The minimum atomic E-state index is -4.66. The highest BCUT2D eigenvalue weighted by Gasteiger charge is 2.35. The molecule has 0 spiro atoms. The van der Waals surface area contributed by atoms with Gasteiger partial charge in [-0.1, -0.05) is 36.4 Å². The van der Waals surface area contributed by atoms with Crippen molar-refractivity contribution >= 4 is 15.9 Å². The number of nitrogens with one attached hydrogen (secondary N) is 1. The molecule has 1 aromatic heterocycles. The lowest BCUT2D eigenvalue weighted by Gasteiger charge is -2.10. The van der Waals surface area contributed by atoms with Gasteiger partial charge in [0.05, 0.1) is 11.4 Å². The minimum absolute atomic E-state index is 0.148. The van der Waals surface area contributed by atoms with Gasteiger partial charge < -0.3 is 0 Å². The predicted octanol–water partition coefficient (Wildman–Crippen LogP) is 4.98. The molecule has 0 radical (unpaired) electrons. The van der Waals surface area contributed by atoms with E-state index < -0.39 is 22.1 Å². The fraction of sp³-hybridized carbons (Fsp3) is 0.0455. The van der Waals surface area contributed by atoms with Crippen LogP contribution in [0.2, 0.25) is 0 Å². The SMILES string of the molecule is NS(=O)(=O)Nc1ccc(-n2nc(C(F)(F)F)cc2-c2ccc(-c3ccc(F)cc3)cc2)cc1. The molecule has 0 aliphatic heterocycles. The first-order valence-corrected chi connectivity index (χ1v) is 11.0. The molecule has 0 aliphatic rings. The zero-order valence-corrected chi connectivity index (χ0v) is 17.5. The van der Waals surface area contributed by atoms with Crippen LogP contribution in [0, 0.1) is 5.82 Å². The molecule has 0 atom stereocenters. The van der Waals surface area contributed by atoms with Crippen molar-refractivity contribution in [3.63, 3.8) is 0 Å². The fourth-order valence-corrected chi connectivity index (χ4v) is 3.70. The summed E-state index contributed by atoms with van der Waals surface area (Å²) in [4.78, 5) is 0. The van der Waals surface area contributed by atoms with E-state index in [-0.39, 0.29) is 22.9 Å². The van der Waals surface area contributed by atoms with E-state index in [1.165, 1.54) is 36.4 Å². The van der Waals surface area contributed by atoms with Gasteiger partial charge in [-0.25, -0.2) is 14.2 Å². The van der Waals surface area contributed by atoms with Crippen molar-refractivity contribution in [2.45, 2.75) is 6.18 Å². The minimum Gasteiger partial charge on any atom is -0.271 e. The van der Waals surface area contributed by atoms with Crippen LogP contribution in [0.1, 0.15) is 5.69 Å². The Hall–Kier alpha value is -3.70. The largest absolute Gasteiger partial charge is 0.435 e. The summed E-state index contributed by atoms with van der Waals surface area (Å²) in [5, 5.41) is 8.64. The molecule has 0 aliphatic carbocycles. The summed E-state index contributed by atoms with van der Waals surface area (Å²) in [5.41, 5.74) is 1.52. The van der Waals surface area contributed by atoms with Crippen LogP contribution in [0.25, 0.3) is 28.1 Å². The monoisotopic (exact) mass is 476 g/mol. The molecular weight excluding hydrogens is 460 g/mol. The van der Waals surface area contributed by atoms with Crippen molar-refractivity contribution in [1.29, 1.82) is 0 Å². The maximum Gasteiger partial charge on any atom is 0.435 e. The topological polar surface area (TPSA) is 90.0 Å². The van der Waals surface area contributed by atoms with Gasteiger partial charge in [0.15, 0.2) is 5.69 Å². The number of alkyl halides is 3. The second kappa shape index (κ2) is 8.34. The molecule has 3 aromatic carbocycles. The lowest BCUT2D eigenvalue weighted by Crippen LogP contribution is -2.21. The molecule has 11 heteroatoms. The van der Waals surface area contributed by atoms with Crippen LogP contribution in [0.15, 0.2) is 78.9 Å². The Bertz CT molecular complexity index is 1380. The summed E-state index contributed by atoms with van der Waals surface area (Å²) < 4.78 is 78.8. The first-order valence-electron chi connectivity index (χ1n) is 9.44. The van der Waals surface area contributed by atoms with Crippen LogP contribution < -0.4 is 9.86 Å². The Morgan fingerprint density at radius 2 is 1.33 bits per heavy atom. The molecule has 0 saturated heterocycles. The number of nitrogens with two attached hydrogens (primary N) is 1. The van der Waals surface area contributed by atoms with Crippen LogP contribution in [0.3, 0.4) is 0 Å². The Morgan fingerprint density at radius 3 is 1.85 bits per heavy atom. The zero-order chi connectivity index (χ0) is 23.8. The smallest absolute Gasteiger partial charge is 0.271 e. The van der Waals surface area contributed by atoms with Crippen molar-refractivity contribution in [3.05, 3.63) is 90.4 Å². The summed E-state index contributed by atoms with van der Waals surface area (Å²) in [5.74, 6) is -0.371. The summed E-state index contributed by atoms with van der Waals surface area (Å²) in [6.07, 6.45) is -4.66. The Kier molecular flexibility index (Phi) is 5.68. The van der Waals surface area contributed by atoms with Crippen LogP contribution >= 0.6 is 0 Å². The van der Waals surface area contributed by atoms with Crippen molar-refractivity contribution in [2.24, 2.45) is 5.14 Å². The molecule has 33 heavy (non-hydrogen) atoms. The normalized spacial score (nSPS) is 12.0. The van der Waals surface area contributed by atoms with E-state index in [0.717, 1.165) is 21.9 Å². The van der Waals surface area contributed by atoms with E-state index in [4.69, 9.17) is 5.14 Å². The summed E-state index contributed by atoms with van der Waals surface area (Å²) in [6.45, 7) is 0. The zero-order valence-electron chi connectivity index (χ0n) is 16.7. The highest BCUT2D eigenvalue weighted by molar-refractivity contribution is 7.90. The molecule has 0 fully saturated rings. The molecular formula is C22H16F4N4O2S. The average molecular weight is 476 g/mol. The van der Waals surface area contributed by atoms with E-state index in [2.05, 4.69) is 9.82 Å². The molecule has 1 heterocycles. The van der Waals surface area contributed by atoms with Gasteiger partial charge in [-0.2, -0.15) is 26.7 Å². The number of nitrogens with zero attached hydrogens (tertiary/aromatic N) is 2. The van der Waals surface area contributed by atoms with Crippen LogP contribution in [-0.4, -0.2) is 18.2 Å². The lowest BCUT2D eigenvalue weighted by molar-refractivity contribution is -0.141. The van der Waals surface area contributed by atoms with Crippen molar-refractivity contribution in [2.75, 3.05) is 4.72 Å². The van der Waals surface area contributed by atoms with Crippen LogP contribution in [0.4, 0.5) is 23.2 Å². The molecule has 170 valence electrons. The van der Waals surface area contributed by atoms with Crippen LogP contribution in [0.5, 0.6) is 0 Å². The Balaban J connectivity index is 1.74. The lowest BCUT2D eigenvalue weighted by atomic mass is 10.0. The van der Waals surface area contributed by atoms with Crippen molar-refractivity contribution in [1.82, 2.24) is 9.78 Å². The van der Waals surface area contributed by atoms with Gasteiger partial charge in [0.2, 0.25) is 0 Å². The molecule has 6 nitrogen and oxygen atoms in total. The quantitative estimate of drug-likeness (QED) is 0.398. The van der Waals surface area contributed by atoms with E-state index >= 15 is 0 Å². The van der Waals surface area contributed by atoms with Gasteiger partial charge >= 0.3 is 6.18 Å². The Morgan fingerprint density at radius 1 is 0.818 bits per heavy atom. The molecule has 0 saturated carbocycles. The van der Waals surface area contributed by atoms with Crippen molar-refractivity contribution in [3.8, 4) is 28.1 Å². The van der Waals surface area contributed by atoms with E-state index in [1.54, 1.807) is 36.4 Å². The van der Waals surface area contributed by atoms with E-state index in [0.29, 0.717) is 5.56 Å².